The lowest BCUT2D eigenvalue weighted by molar-refractivity contribution is 1.13. The molecule has 5 N–H and O–H groups in total. The van der Waals surface area contributed by atoms with Crippen LogP contribution in [0.3, 0.4) is 0 Å². The number of nitrogen functional groups attached to an aromatic ring is 1. The summed E-state index contributed by atoms with van der Waals surface area (Å²) in [6.07, 6.45) is 1.01. The summed E-state index contributed by atoms with van der Waals surface area (Å²) in [5.74, 6) is 5.28. The summed E-state index contributed by atoms with van der Waals surface area (Å²) < 4.78 is 0. The van der Waals surface area contributed by atoms with E-state index in [2.05, 4.69) is 24.1 Å². The van der Waals surface area contributed by atoms with Crippen LogP contribution in [0.1, 0.15) is 12.5 Å². The van der Waals surface area contributed by atoms with Gasteiger partial charge in [-0.25, -0.2) is 0 Å². The zero-order valence-corrected chi connectivity index (χ0v) is 7.67. The first-order chi connectivity index (χ1) is 5.88. The van der Waals surface area contributed by atoms with E-state index in [1.807, 2.05) is 18.2 Å². The number of hydrazine groups is 1. The minimum atomic E-state index is 1.01. The molecule has 0 fully saturated rings. The summed E-state index contributed by atoms with van der Waals surface area (Å²) in [5, 5.41) is 0. The molecule has 0 aliphatic rings. The normalized spacial score (nSPS) is 8.33. The molecule has 3 nitrogen and oxygen atoms in total. The Hall–Kier alpha value is -1.06. The predicted octanol–water partition coefficient (Wildman–Crippen LogP) is 1.11. The van der Waals surface area contributed by atoms with Crippen molar-refractivity contribution >= 4 is 5.69 Å². The second kappa shape index (κ2) is 6.64. The zero-order chi connectivity index (χ0) is 9.40. The third-order valence-corrected chi connectivity index (χ3v) is 1.55. The van der Waals surface area contributed by atoms with Gasteiger partial charge in [-0.15, -0.1) is 0 Å². The molecule has 1 aromatic rings. The lowest BCUT2D eigenvalue weighted by atomic mass is 10.1. The molecule has 3 heteroatoms. The summed E-state index contributed by atoms with van der Waals surface area (Å²) in [7, 11) is 1.50. The van der Waals surface area contributed by atoms with Crippen LogP contribution in [0.25, 0.3) is 0 Å². The van der Waals surface area contributed by atoms with Crippen LogP contribution in [-0.2, 0) is 6.42 Å². The topological polar surface area (TPSA) is 64.1 Å². The number of nitrogens with two attached hydrogens (primary N) is 2. The van der Waals surface area contributed by atoms with Crippen molar-refractivity contribution < 1.29 is 0 Å². The standard InChI is InChI=1S/C8H12N2.CH5N/c1-2-7-5-3-4-6-8(7)10-9;1-2/h3-6,10H,2,9H2,1H3;2H2,1H3. The summed E-state index contributed by atoms with van der Waals surface area (Å²) in [5.41, 5.74) is 9.42. The van der Waals surface area contributed by atoms with Gasteiger partial charge in [-0.3, -0.25) is 5.84 Å². The molecule has 0 saturated carbocycles. The zero-order valence-electron chi connectivity index (χ0n) is 7.67. The average Bonchev–Trinajstić information content (AvgIpc) is 2.20. The van der Waals surface area contributed by atoms with E-state index in [0.717, 1.165) is 12.1 Å². The molecule has 0 atom stereocenters. The summed E-state index contributed by atoms with van der Waals surface area (Å²) in [6, 6.07) is 8.02. The highest BCUT2D eigenvalue weighted by Gasteiger charge is 1.93. The molecule has 12 heavy (non-hydrogen) atoms. The number of para-hydroxylation sites is 1. The Morgan fingerprint density at radius 1 is 1.25 bits per heavy atom. The molecule has 0 unspecified atom stereocenters. The van der Waals surface area contributed by atoms with Gasteiger partial charge in [-0.1, -0.05) is 25.1 Å². The van der Waals surface area contributed by atoms with Crippen LogP contribution < -0.4 is 17.0 Å². The maximum absolute atomic E-state index is 5.28. The van der Waals surface area contributed by atoms with Gasteiger partial charge in [-0.2, -0.15) is 0 Å². The van der Waals surface area contributed by atoms with E-state index in [4.69, 9.17) is 5.84 Å². The maximum atomic E-state index is 5.28. The highest BCUT2D eigenvalue weighted by molar-refractivity contribution is 5.49. The maximum Gasteiger partial charge on any atom is 0.0516 e. The second-order valence-electron chi connectivity index (χ2n) is 2.16. The van der Waals surface area contributed by atoms with Gasteiger partial charge in [0.15, 0.2) is 0 Å². The second-order valence-corrected chi connectivity index (χ2v) is 2.16. The Labute approximate surface area is 73.7 Å². The molecule has 0 aliphatic carbocycles. The van der Waals surface area contributed by atoms with Gasteiger partial charge >= 0.3 is 0 Å². The number of rotatable bonds is 2. The lowest BCUT2D eigenvalue weighted by Gasteiger charge is -2.04. The number of hydrogen-bond acceptors (Lipinski definition) is 3. The van der Waals surface area contributed by atoms with E-state index in [1.165, 1.54) is 12.6 Å². The number of aryl methyl sites for hydroxylation is 1. The van der Waals surface area contributed by atoms with Crippen molar-refractivity contribution in [1.82, 2.24) is 0 Å². The fourth-order valence-corrected chi connectivity index (χ4v) is 0.969. The third kappa shape index (κ3) is 2.90. The molecular weight excluding hydrogens is 150 g/mol. The molecule has 68 valence electrons. The van der Waals surface area contributed by atoms with E-state index in [1.54, 1.807) is 0 Å². The van der Waals surface area contributed by atoms with Gasteiger partial charge in [0.25, 0.3) is 0 Å². The Morgan fingerprint density at radius 2 is 1.83 bits per heavy atom. The fourth-order valence-electron chi connectivity index (χ4n) is 0.969. The highest BCUT2D eigenvalue weighted by Crippen LogP contribution is 2.12. The van der Waals surface area contributed by atoms with Crippen molar-refractivity contribution in [3.8, 4) is 0 Å². The first-order valence-electron chi connectivity index (χ1n) is 4.00. The van der Waals surface area contributed by atoms with Gasteiger partial charge in [-0.05, 0) is 25.1 Å². The average molecular weight is 167 g/mol. The lowest BCUT2D eigenvalue weighted by Crippen LogP contribution is -2.08. The van der Waals surface area contributed by atoms with Crippen molar-refractivity contribution in [1.29, 1.82) is 0 Å². The molecule has 0 amide bonds. The number of nitrogens with one attached hydrogen (secondary N) is 1. The number of hydrogen-bond donors (Lipinski definition) is 3. The van der Waals surface area contributed by atoms with Crippen LogP contribution in [0.5, 0.6) is 0 Å². The van der Waals surface area contributed by atoms with Crippen LogP contribution in [0.4, 0.5) is 5.69 Å². The molecule has 0 aliphatic heterocycles. The third-order valence-electron chi connectivity index (χ3n) is 1.55. The van der Waals surface area contributed by atoms with E-state index in [0.29, 0.717) is 0 Å². The molecule has 0 bridgehead atoms. The number of benzene rings is 1. The first kappa shape index (κ1) is 10.9. The summed E-state index contributed by atoms with van der Waals surface area (Å²) in [6.45, 7) is 2.11. The Bertz CT molecular complexity index is 188. The quantitative estimate of drug-likeness (QED) is 0.456. The molecule has 1 rings (SSSR count). The van der Waals surface area contributed by atoms with Crippen LogP contribution in [0, 0.1) is 0 Å². The monoisotopic (exact) mass is 167 g/mol. The van der Waals surface area contributed by atoms with Crippen molar-refractivity contribution in [2.75, 3.05) is 12.5 Å². The van der Waals surface area contributed by atoms with Gasteiger partial charge in [0, 0.05) is 0 Å². The smallest absolute Gasteiger partial charge is 0.0516 e. The van der Waals surface area contributed by atoms with Gasteiger partial charge in [0.2, 0.25) is 0 Å². The fraction of sp³-hybridized carbons (Fsp3) is 0.333. The van der Waals surface area contributed by atoms with Crippen LogP contribution in [0.2, 0.25) is 0 Å². The van der Waals surface area contributed by atoms with Crippen molar-refractivity contribution in [3.05, 3.63) is 29.8 Å². The molecule has 1 aromatic carbocycles. The van der Waals surface area contributed by atoms with Gasteiger partial charge in [0.05, 0.1) is 5.69 Å². The van der Waals surface area contributed by atoms with Crippen LogP contribution >= 0.6 is 0 Å². The van der Waals surface area contributed by atoms with Crippen molar-refractivity contribution in [2.24, 2.45) is 11.6 Å². The van der Waals surface area contributed by atoms with E-state index < -0.39 is 0 Å². The molecule has 0 spiro atoms. The summed E-state index contributed by atoms with van der Waals surface area (Å²) in [4.78, 5) is 0. The van der Waals surface area contributed by atoms with E-state index in [-0.39, 0.29) is 0 Å². The van der Waals surface area contributed by atoms with Crippen molar-refractivity contribution in [3.63, 3.8) is 0 Å². The Morgan fingerprint density at radius 3 is 2.25 bits per heavy atom. The SMILES string of the molecule is CCc1ccccc1NN.CN. The summed E-state index contributed by atoms with van der Waals surface area (Å²) >= 11 is 0. The van der Waals surface area contributed by atoms with Crippen molar-refractivity contribution in [2.45, 2.75) is 13.3 Å². The number of anilines is 1. The first-order valence-corrected chi connectivity index (χ1v) is 4.00. The van der Waals surface area contributed by atoms with E-state index in [9.17, 15) is 0 Å². The molecule has 0 saturated heterocycles. The molecule has 0 radical (unpaired) electrons. The Kier molecular flexibility index (Phi) is 6.05. The highest BCUT2D eigenvalue weighted by atomic mass is 15.2. The minimum absolute atomic E-state index is 1.01. The largest absolute Gasteiger partial charge is 0.333 e. The predicted molar refractivity (Wildman–Crippen MR) is 53.7 cm³/mol. The molecule has 0 aromatic heterocycles. The van der Waals surface area contributed by atoms with Crippen LogP contribution in [-0.4, -0.2) is 7.05 Å². The minimum Gasteiger partial charge on any atom is -0.333 e. The van der Waals surface area contributed by atoms with Gasteiger partial charge < -0.3 is 11.2 Å². The molecular formula is C9H17N3. The molecule has 0 heterocycles. The van der Waals surface area contributed by atoms with Crippen LogP contribution in [0.15, 0.2) is 24.3 Å². The van der Waals surface area contributed by atoms with Gasteiger partial charge in [0.1, 0.15) is 0 Å². The Balaban J connectivity index is 0.000000561. The van der Waals surface area contributed by atoms with E-state index >= 15 is 0 Å².